The number of amides is 4. The molecule has 0 N–H and O–H groups in total. The van der Waals surface area contributed by atoms with Crippen molar-refractivity contribution in [3.8, 4) is 0 Å². The Kier molecular flexibility index (Phi) is 5.00. The summed E-state index contributed by atoms with van der Waals surface area (Å²) in [6.07, 6.45) is 0.753. The molecular weight excluding hydrogens is 413 g/mol. The van der Waals surface area contributed by atoms with E-state index in [0.29, 0.717) is 37.3 Å². The number of imide groups is 1. The van der Waals surface area contributed by atoms with Crippen molar-refractivity contribution in [1.29, 1.82) is 0 Å². The van der Waals surface area contributed by atoms with Gasteiger partial charge in [-0.3, -0.25) is 24.1 Å². The van der Waals surface area contributed by atoms with E-state index in [-0.39, 0.29) is 36.0 Å². The minimum absolute atomic E-state index is 0.0618. The van der Waals surface area contributed by atoms with Gasteiger partial charge in [-0.25, -0.2) is 4.39 Å². The first kappa shape index (κ1) is 20.4. The number of carbonyl (C=O) groups is 4. The maximum atomic E-state index is 13.1. The van der Waals surface area contributed by atoms with E-state index in [1.165, 1.54) is 12.1 Å². The van der Waals surface area contributed by atoms with E-state index >= 15 is 0 Å². The number of halogens is 1. The number of carbonyl (C=O) groups excluding carboxylic acids is 4. The van der Waals surface area contributed by atoms with Crippen molar-refractivity contribution in [2.45, 2.75) is 12.3 Å². The smallest absolute Gasteiger partial charge is 0.262 e. The predicted octanol–water partition coefficient (Wildman–Crippen LogP) is 1.90. The minimum Gasteiger partial charge on any atom is -0.339 e. The van der Waals surface area contributed by atoms with Gasteiger partial charge in [-0.2, -0.15) is 0 Å². The van der Waals surface area contributed by atoms with Crippen LogP contribution in [0.1, 0.15) is 38.6 Å². The van der Waals surface area contributed by atoms with Crippen LogP contribution in [0, 0.1) is 11.7 Å². The number of piperazine rings is 1. The van der Waals surface area contributed by atoms with E-state index in [4.69, 9.17) is 0 Å². The number of benzene rings is 2. The summed E-state index contributed by atoms with van der Waals surface area (Å²) >= 11 is 0. The molecule has 8 heteroatoms. The summed E-state index contributed by atoms with van der Waals surface area (Å²) in [4.78, 5) is 54.9. The van der Waals surface area contributed by atoms with Crippen molar-refractivity contribution in [3.63, 3.8) is 0 Å². The molecule has 0 spiro atoms. The average Bonchev–Trinajstić information content (AvgIpc) is 3.58. The highest BCUT2D eigenvalue weighted by Gasteiger charge is 2.46. The molecule has 0 aromatic heterocycles. The molecule has 1 saturated heterocycles. The molecule has 2 atom stereocenters. The average molecular weight is 435 g/mol. The molecule has 5 rings (SSSR count). The molecule has 7 nitrogen and oxygen atoms in total. The van der Waals surface area contributed by atoms with Gasteiger partial charge in [0.2, 0.25) is 11.8 Å². The van der Waals surface area contributed by atoms with Crippen LogP contribution in [0.3, 0.4) is 0 Å². The summed E-state index contributed by atoms with van der Waals surface area (Å²) in [6, 6.07) is 12.8. The minimum atomic E-state index is -0.451. The third-order valence-corrected chi connectivity index (χ3v) is 6.52. The Bertz CT molecular complexity index is 1070. The van der Waals surface area contributed by atoms with E-state index in [2.05, 4.69) is 0 Å². The molecule has 32 heavy (non-hydrogen) atoms. The van der Waals surface area contributed by atoms with Crippen LogP contribution >= 0.6 is 0 Å². The molecule has 1 saturated carbocycles. The number of rotatable bonds is 4. The molecule has 2 unspecified atom stereocenters. The lowest BCUT2D eigenvalue weighted by Crippen LogP contribution is -2.53. The fourth-order valence-electron chi connectivity index (χ4n) is 4.58. The molecule has 4 amide bonds. The second-order valence-corrected chi connectivity index (χ2v) is 8.45. The van der Waals surface area contributed by atoms with E-state index in [0.717, 1.165) is 16.9 Å². The number of nitrogens with zero attached hydrogens (tertiary/aromatic N) is 3. The topological polar surface area (TPSA) is 78.0 Å². The standard InChI is InChI=1S/C24H22FN3O4/c25-16-7-5-15(6-8-16)19-13-20(19)22(30)27-11-9-26(10-12-27)21(29)14-28-23(31)17-3-1-2-4-18(17)24(28)32/h1-8,19-20H,9-14H2. The lowest BCUT2D eigenvalue weighted by molar-refractivity contribution is -0.140. The lowest BCUT2D eigenvalue weighted by atomic mass is 10.1. The van der Waals surface area contributed by atoms with Crippen molar-refractivity contribution in [2.75, 3.05) is 32.7 Å². The first-order valence-electron chi connectivity index (χ1n) is 10.7. The van der Waals surface area contributed by atoms with Gasteiger partial charge in [0.25, 0.3) is 11.8 Å². The first-order valence-corrected chi connectivity index (χ1v) is 10.7. The predicted molar refractivity (Wildman–Crippen MR) is 112 cm³/mol. The molecule has 2 aromatic carbocycles. The van der Waals surface area contributed by atoms with Gasteiger partial charge in [0.05, 0.1) is 11.1 Å². The molecule has 1 aliphatic carbocycles. The van der Waals surface area contributed by atoms with Crippen LogP contribution in [-0.2, 0) is 9.59 Å². The maximum absolute atomic E-state index is 13.1. The molecule has 2 aromatic rings. The van der Waals surface area contributed by atoms with Crippen molar-refractivity contribution >= 4 is 23.6 Å². The zero-order valence-electron chi connectivity index (χ0n) is 17.4. The monoisotopic (exact) mass is 435 g/mol. The fraction of sp³-hybridized carbons (Fsp3) is 0.333. The number of hydrogen-bond donors (Lipinski definition) is 0. The van der Waals surface area contributed by atoms with E-state index in [9.17, 15) is 23.6 Å². The molecular formula is C24H22FN3O4. The summed E-state index contributed by atoms with van der Waals surface area (Å²) in [5, 5.41) is 0. The zero-order valence-corrected chi connectivity index (χ0v) is 17.4. The van der Waals surface area contributed by atoms with Gasteiger partial charge in [-0.15, -0.1) is 0 Å². The Morgan fingerprint density at radius 3 is 2.00 bits per heavy atom. The maximum Gasteiger partial charge on any atom is 0.262 e. The molecule has 164 valence electrons. The van der Waals surface area contributed by atoms with Gasteiger partial charge >= 0.3 is 0 Å². The lowest BCUT2D eigenvalue weighted by Gasteiger charge is -2.35. The molecule has 0 bridgehead atoms. The summed E-state index contributed by atoms with van der Waals surface area (Å²) in [5.74, 6) is -1.41. The SMILES string of the molecule is O=C(CN1C(=O)c2ccccc2C1=O)N1CCN(C(=O)C2CC2c2ccc(F)cc2)CC1. The highest BCUT2D eigenvalue weighted by Crippen LogP contribution is 2.48. The van der Waals surface area contributed by atoms with Crippen LogP contribution in [0.2, 0.25) is 0 Å². The number of hydrogen-bond acceptors (Lipinski definition) is 4. The molecule has 2 aliphatic heterocycles. The van der Waals surface area contributed by atoms with Crippen LogP contribution in [0.4, 0.5) is 4.39 Å². The van der Waals surface area contributed by atoms with E-state index in [1.807, 2.05) is 0 Å². The van der Waals surface area contributed by atoms with E-state index < -0.39 is 11.8 Å². The summed E-state index contributed by atoms with van der Waals surface area (Å²) < 4.78 is 13.1. The first-order chi connectivity index (χ1) is 15.4. The van der Waals surface area contributed by atoms with Gasteiger partial charge in [0, 0.05) is 32.1 Å². The molecule has 2 heterocycles. The third-order valence-electron chi connectivity index (χ3n) is 6.52. The van der Waals surface area contributed by atoms with Crippen molar-refractivity contribution in [1.82, 2.24) is 14.7 Å². The van der Waals surface area contributed by atoms with Crippen molar-refractivity contribution < 1.29 is 23.6 Å². The highest BCUT2D eigenvalue weighted by atomic mass is 19.1. The van der Waals surface area contributed by atoms with Crippen LogP contribution in [0.5, 0.6) is 0 Å². The van der Waals surface area contributed by atoms with Crippen molar-refractivity contribution in [3.05, 3.63) is 71.0 Å². The van der Waals surface area contributed by atoms with Crippen LogP contribution in [0.25, 0.3) is 0 Å². The third kappa shape index (κ3) is 3.55. The molecule has 0 radical (unpaired) electrons. The summed E-state index contributed by atoms with van der Waals surface area (Å²) in [5.41, 5.74) is 1.61. The zero-order chi connectivity index (χ0) is 22.4. The van der Waals surface area contributed by atoms with E-state index in [1.54, 1.807) is 46.2 Å². The van der Waals surface area contributed by atoms with Crippen molar-refractivity contribution in [2.24, 2.45) is 5.92 Å². The number of fused-ring (bicyclic) bond motifs is 1. The Morgan fingerprint density at radius 2 is 1.41 bits per heavy atom. The van der Waals surface area contributed by atoms with Crippen LogP contribution < -0.4 is 0 Å². The molecule has 2 fully saturated rings. The van der Waals surface area contributed by atoms with Gasteiger partial charge < -0.3 is 9.80 Å². The highest BCUT2D eigenvalue weighted by molar-refractivity contribution is 6.22. The second kappa shape index (κ2) is 7.85. The Labute approximate surface area is 184 Å². The Morgan fingerprint density at radius 1 is 0.844 bits per heavy atom. The quantitative estimate of drug-likeness (QED) is 0.688. The summed E-state index contributed by atoms with van der Waals surface area (Å²) in [7, 11) is 0. The van der Waals surface area contributed by atoms with Gasteiger partial charge in [-0.05, 0) is 42.2 Å². The molecule has 3 aliphatic rings. The van der Waals surface area contributed by atoms with Gasteiger partial charge in [0.1, 0.15) is 12.4 Å². The van der Waals surface area contributed by atoms with Gasteiger partial charge in [-0.1, -0.05) is 24.3 Å². The Hall–Kier alpha value is -3.55. The second-order valence-electron chi connectivity index (χ2n) is 8.45. The van der Waals surface area contributed by atoms with Gasteiger partial charge in [0.15, 0.2) is 0 Å². The fourth-order valence-corrected chi connectivity index (χ4v) is 4.58. The summed E-state index contributed by atoms with van der Waals surface area (Å²) in [6.45, 7) is 1.26. The van der Waals surface area contributed by atoms with Crippen LogP contribution in [-0.4, -0.2) is 71.1 Å². The normalized spacial score (nSPS) is 22.2. The van der Waals surface area contributed by atoms with Crippen LogP contribution in [0.15, 0.2) is 48.5 Å². The largest absolute Gasteiger partial charge is 0.339 e. The Balaban J connectivity index is 1.14.